The van der Waals surface area contributed by atoms with Gasteiger partial charge in [0.05, 0.1) is 0 Å². The highest BCUT2D eigenvalue weighted by atomic mass is 16.7. The average Bonchev–Trinajstić information content (AvgIpc) is 2.90. The van der Waals surface area contributed by atoms with Gasteiger partial charge >= 0.3 is 0 Å². The van der Waals surface area contributed by atoms with Crippen LogP contribution in [-0.4, -0.2) is 12.8 Å². The molecule has 2 N–H and O–H groups in total. The number of nitrogens with two attached hydrogens (primary N) is 1. The summed E-state index contributed by atoms with van der Waals surface area (Å²) in [7, 11) is 0. The first kappa shape index (κ1) is 9.97. The Labute approximate surface area is 95.5 Å². The summed E-state index contributed by atoms with van der Waals surface area (Å²) in [5.74, 6) is 1.79. The molecule has 1 unspecified atom stereocenters. The lowest BCUT2D eigenvalue weighted by Gasteiger charge is -2.23. The van der Waals surface area contributed by atoms with Gasteiger partial charge in [0, 0.05) is 17.0 Å². The van der Waals surface area contributed by atoms with E-state index >= 15 is 0 Å². The van der Waals surface area contributed by atoms with Crippen molar-refractivity contribution in [2.75, 3.05) is 6.79 Å². The first-order valence-electron chi connectivity index (χ1n) is 5.80. The SMILES string of the molecule is Cc1ccc2c(c1C1(C(C)N)CC1)OCO2. The Balaban J connectivity index is 2.17. The van der Waals surface area contributed by atoms with Gasteiger partial charge < -0.3 is 15.2 Å². The van der Waals surface area contributed by atoms with E-state index in [0.717, 1.165) is 24.3 Å². The molecule has 0 spiro atoms. The molecule has 0 radical (unpaired) electrons. The van der Waals surface area contributed by atoms with Crippen molar-refractivity contribution >= 4 is 0 Å². The Morgan fingerprint density at radius 3 is 2.69 bits per heavy atom. The minimum Gasteiger partial charge on any atom is -0.454 e. The molecule has 1 aromatic rings. The molecule has 1 aromatic carbocycles. The summed E-state index contributed by atoms with van der Waals surface area (Å²) < 4.78 is 11.0. The van der Waals surface area contributed by atoms with Crippen LogP contribution >= 0.6 is 0 Å². The van der Waals surface area contributed by atoms with Crippen LogP contribution in [0.5, 0.6) is 11.5 Å². The van der Waals surface area contributed by atoms with Crippen LogP contribution in [0.15, 0.2) is 12.1 Å². The van der Waals surface area contributed by atoms with Gasteiger partial charge in [0.1, 0.15) is 0 Å². The van der Waals surface area contributed by atoms with Crippen molar-refractivity contribution in [1.82, 2.24) is 0 Å². The van der Waals surface area contributed by atoms with E-state index in [9.17, 15) is 0 Å². The molecule has 2 aliphatic rings. The zero-order valence-corrected chi connectivity index (χ0v) is 9.75. The van der Waals surface area contributed by atoms with Crippen LogP contribution in [0, 0.1) is 6.92 Å². The highest BCUT2D eigenvalue weighted by molar-refractivity contribution is 5.57. The number of benzene rings is 1. The Kier molecular flexibility index (Phi) is 1.96. The molecule has 1 atom stereocenters. The molecule has 1 fully saturated rings. The van der Waals surface area contributed by atoms with Crippen LogP contribution < -0.4 is 15.2 Å². The van der Waals surface area contributed by atoms with E-state index in [2.05, 4.69) is 19.9 Å². The number of hydrogen-bond acceptors (Lipinski definition) is 3. The quantitative estimate of drug-likeness (QED) is 0.828. The van der Waals surface area contributed by atoms with E-state index < -0.39 is 0 Å². The van der Waals surface area contributed by atoms with Gasteiger partial charge in [-0.25, -0.2) is 0 Å². The second-order valence-electron chi connectivity index (χ2n) is 4.94. The summed E-state index contributed by atoms with van der Waals surface area (Å²) in [5.41, 5.74) is 8.80. The summed E-state index contributed by atoms with van der Waals surface area (Å²) >= 11 is 0. The van der Waals surface area contributed by atoms with Crippen LogP contribution in [-0.2, 0) is 5.41 Å². The van der Waals surface area contributed by atoms with Crippen molar-refractivity contribution in [3.8, 4) is 11.5 Å². The lowest BCUT2D eigenvalue weighted by atomic mass is 9.85. The molecule has 0 amide bonds. The molecule has 1 aliphatic carbocycles. The maximum absolute atomic E-state index is 6.13. The van der Waals surface area contributed by atoms with E-state index in [-0.39, 0.29) is 11.5 Å². The molecule has 0 aromatic heterocycles. The highest BCUT2D eigenvalue weighted by Crippen LogP contribution is 2.56. The summed E-state index contributed by atoms with van der Waals surface area (Å²) in [6, 6.07) is 4.26. The van der Waals surface area contributed by atoms with E-state index in [4.69, 9.17) is 15.2 Å². The fourth-order valence-corrected chi connectivity index (χ4v) is 2.76. The van der Waals surface area contributed by atoms with Gasteiger partial charge in [-0.2, -0.15) is 0 Å². The minimum absolute atomic E-state index is 0.128. The summed E-state index contributed by atoms with van der Waals surface area (Å²) in [6.07, 6.45) is 2.32. The van der Waals surface area contributed by atoms with Crippen molar-refractivity contribution < 1.29 is 9.47 Å². The fourth-order valence-electron chi connectivity index (χ4n) is 2.76. The van der Waals surface area contributed by atoms with Crippen LogP contribution in [0.25, 0.3) is 0 Å². The summed E-state index contributed by atoms with van der Waals surface area (Å²) in [5, 5.41) is 0. The second-order valence-corrected chi connectivity index (χ2v) is 4.94. The average molecular weight is 219 g/mol. The van der Waals surface area contributed by atoms with Gasteiger partial charge in [-0.3, -0.25) is 0 Å². The predicted molar refractivity (Wildman–Crippen MR) is 61.9 cm³/mol. The minimum atomic E-state index is 0.128. The molecule has 1 heterocycles. The highest BCUT2D eigenvalue weighted by Gasteiger charge is 2.51. The topological polar surface area (TPSA) is 44.5 Å². The molecular weight excluding hydrogens is 202 g/mol. The lowest BCUT2D eigenvalue weighted by Crippen LogP contribution is -2.32. The summed E-state index contributed by atoms with van der Waals surface area (Å²) in [6.45, 7) is 4.54. The van der Waals surface area contributed by atoms with E-state index in [1.807, 2.05) is 6.07 Å². The Hall–Kier alpha value is -1.22. The molecule has 1 aliphatic heterocycles. The molecule has 1 saturated carbocycles. The maximum atomic E-state index is 6.13. The smallest absolute Gasteiger partial charge is 0.231 e. The monoisotopic (exact) mass is 219 g/mol. The largest absolute Gasteiger partial charge is 0.454 e. The van der Waals surface area contributed by atoms with Gasteiger partial charge in [0.15, 0.2) is 11.5 Å². The first-order chi connectivity index (χ1) is 7.65. The van der Waals surface area contributed by atoms with Gasteiger partial charge in [-0.1, -0.05) is 6.07 Å². The lowest BCUT2D eigenvalue weighted by molar-refractivity contribution is 0.172. The third-order valence-electron chi connectivity index (χ3n) is 3.91. The molecular formula is C13H17NO2. The van der Waals surface area contributed by atoms with Crippen molar-refractivity contribution in [1.29, 1.82) is 0 Å². The predicted octanol–water partition coefficient (Wildman–Crippen LogP) is 2.10. The third-order valence-corrected chi connectivity index (χ3v) is 3.91. The third kappa shape index (κ3) is 1.18. The van der Waals surface area contributed by atoms with Gasteiger partial charge in [-0.05, 0) is 38.3 Å². The maximum Gasteiger partial charge on any atom is 0.231 e. The molecule has 3 heteroatoms. The van der Waals surface area contributed by atoms with Crippen LogP contribution in [0.1, 0.15) is 30.9 Å². The normalized spacial score (nSPS) is 21.9. The van der Waals surface area contributed by atoms with Crippen LogP contribution in [0.3, 0.4) is 0 Å². The van der Waals surface area contributed by atoms with Gasteiger partial charge in [0.2, 0.25) is 6.79 Å². The molecule has 3 rings (SSSR count). The standard InChI is InChI=1S/C13H17NO2/c1-8-3-4-10-12(16-7-15-10)11(8)13(5-6-13)9(2)14/h3-4,9H,5-7,14H2,1-2H3. The van der Waals surface area contributed by atoms with E-state index in [0.29, 0.717) is 6.79 Å². The number of rotatable bonds is 2. The first-order valence-corrected chi connectivity index (χ1v) is 5.80. The number of aryl methyl sites for hydroxylation is 1. The Morgan fingerprint density at radius 2 is 2.06 bits per heavy atom. The number of ether oxygens (including phenoxy) is 2. The zero-order chi connectivity index (χ0) is 11.3. The van der Waals surface area contributed by atoms with Crippen molar-refractivity contribution in [3.05, 3.63) is 23.3 Å². The van der Waals surface area contributed by atoms with Gasteiger partial charge in [0.25, 0.3) is 0 Å². The second kappa shape index (κ2) is 3.14. The Bertz CT molecular complexity index is 436. The summed E-state index contributed by atoms with van der Waals surface area (Å²) in [4.78, 5) is 0. The molecule has 16 heavy (non-hydrogen) atoms. The van der Waals surface area contributed by atoms with Crippen molar-refractivity contribution in [3.63, 3.8) is 0 Å². The zero-order valence-electron chi connectivity index (χ0n) is 9.75. The van der Waals surface area contributed by atoms with Crippen molar-refractivity contribution in [2.45, 2.75) is 38.1 Å². The van der Waals surface area contributed by atoms with Crippen molar-refractivity contribution in [2.24, 2.45) is 5.73 Å². The Morgan fingerprint density at radius 1 is 1.31 bits per heavy atom. The molecule has 3 nitrogen and oxygen atoms in total. The number of hydrogen-bond donors (Lipinski definition) is 1. The fraction of sp³-hybridized carbons (Fsp3) is 0.538. The van der Waals surface area contributed by atoms with E-state index in [1.165, 1.54) is 11.1 Å². The van der Waals surface area contributed by atoms with E-state index in [1.54, 1.807) is 0 Å². The molecule has 0 bridgehead atoms. The number of fused-ring (bicyclic) bond motifs is 1. The van der Waals surface area contributed by atoms with Crippen LogP contribution in [0.4, 0.5) is 0 Å². The molecule has 0 saturated heterocycles. The van der Waals surface area contributed by atoms with Gasteiger partial charge in [-0.15, -0.1) is 0 Å². The molecule has 86 valence electrons. The van der Waals surface area contributed by atoms with Crippen LogP contribution in [0.2, 0.25) is 0 Å².